The molecule has 5 nitrogen and oxygen atoms in total. The van der Waals surface area contributed by atoms with Gasteiger partial charge in [-0.25, -0.2) is 4.98 Å². The van der Waals surface area contributed by atoms with Crippen LogP contribution in [0, 0.1) is 30.1 Å². The van der Waals surface area contributed by atoms with Crippen LogP contribution in [0.2, 0.25) is 0 Å². The van der Waals surface area contributed by atoms with E-state index in [1.165, 1.54) is 49.0 Å². The molecule has 1 N–H and O–H groups in total. The van der Waals surface area contributed by atoms with Crippen LogP contribution in [0.3, 0.4) is 0 Å². The number of methoxy groups -OCH3 is 1. The SMILES string of the molecule is C#Cc1nc(C(=O)N2C(CCCC)Cc3cc(OC)ccc3C2c2ccc(NC3(C)CC4CC(C)CC(C4)C3)cc2)cs1.CC. The second-order valence-electron chi connectivity index (χ2n) is 13.6. The number of fused-ring (bicyclic) bond motifs is 3. The molecule has 2 aromatic carbocycles. The smallest absolute Gasteiger partial charge is 0.274 e. The molecule has 2 fully saturated rings. The fourth-order valence-corrected chi connectivity index (χ4v) is 9.12. The molecule has 4 unspecified atom stereocenters. The molecule has 2 saturated carbocycles. The molecule has 6 rings (SSSR count). The van der Waals surface area contributed by atoms with Crippen LogP contribution in [0.5, 0.6) is 5.75 Å². The average Bonchev–Trinajstić information content (AvgIpc) is 3.52. The molecule has 45 heavy (non-hydrogen) atoms. The van der Waals surface area contributed by atoms with E-state index < -0.39 is 0 Å². The number of hydrogen-bond acceptors (Lipinski definition) is 5. The zero-order valence-corrected chi connectivity index (χ0v) is 28.9. The van der Waals surface area contributed by atoms with E-state index in [-0.39, 0.29) is 23.5 Å². The van der Waals surface area contributed by atoms with Gasteiger partial charge in [0.15, 0.2) is 5.01 Å². The minimum absolute atomic E-state index is 0.0498. The molecule has 1 amide bonds. The number of terminal acetylenes is 1. The number of ether oxygens (including phenoxy) is 1. The number of aromatic nitrogens is 1. The lowest BCUT2D eigenvalue weighted by atomic mass is 9.62. The van der Waals surface area contributed by atoms with Crippen molar-refractivity contribution in [3.05, 3.63) is 75.2 Å². The Labute approximate surface area is 275 Å². The van der Waals surface area contributed by atoms with Crippen molar-refractivity contribution in [3.8, 4) is 18.1 Å². The highest BCUT2D eigenvalue weighted by Gasteiger charge is 2.42. The van der Waals surface area contributed by atoms with Gasteiger partial charge in [0.05, 0.1) is 13.2 Å². The van der Waals surface area contributed by atoms with Crippen molar-refractivity contribution in [3.63, 3.8) is 0 Å². The molecule has 240 valence electrons. The molecule has 3 aliphatic rings. The van der Waals surface area contributed by atoms with Gasteiger partial charge in [-0.15, -0.1) is 17.8 Å². The third-order valence-electron chi connectivity index (χ3n) is 10.0. The van der Waals surface area contributed by atoms with E-state index in [1.807, 2.05) is 25.3 Å². The van der Waals surface area contributed by atoms with Gasteiger partial charge in [0.1, 0.15) is 11.4 Å². The van der Waals surface area contributed by atoms with Crippen LogP contribution in [0.1, 0.15) is 124 Å². The second-order valence-corrected chi connectivity index (χ2v) is 14.5. The van der Waals surface area contributed by atoms with Crippen molar-refractivity contribution in [2.45, 2.75) is 110 Å². The quantitative estimate of drug-likeness (QED) is 0.253. The van der Waals surface area contributed by atoms with E-state index in [2.05, 4.69) is 78.3 Å². The maximum Gasteiger partial charge on any atom is 0.274 e. The number of nitrogens with one attached hydrogen (secondary N) is 1. The first-order valence-electron chi connectivity index (χ1n) is 17.1. The number of amides is 1. The molecule has 6 heteroatoms. The molecule has 0 saturated heterocycles. The highest BCUT2D eigenvalue weighted by atomic mass is 32.1. The molecule has 2 aliphatic carbocycles. The summed E-state index contributed by atoms with van der Waals surface area (Å²) in [5.74, 6) is 5.91. The first-order valence-corrected chi connectivity index (χ1v) is 18.0. The standard InChI is InChI=1S/C37H45N3O2S.C2H6/c1-6-8-9-30-19-28-20-31(42-5)14-15-32(28)35(40(30)36(41)33-23-43-34(7-2)38-33)27-10-12-29(13-11-27)39-37(4)21-25-16-24(3)17-26(18-25)22-37;1-2/h2,10-15,20,23-26,30,35,39H,6,8-9,16-19,21-22H2,1,3-5H3;1-2H3. The lowest BCUT2D eigenvalue weighted by molar-refractivity contribution is 0.0561. The predicted molar refractivity (Wildman–Crippen MR) is 187 cm³/mol. The van der Waals surface area contributed by atoms with Gasteiger partial charge in [-0.1, -0.05) is 58.7 Å². The minimum atomic E-state index is -0.222. The number of carbonyl (C=O) groups is 1. The van der Waals surface area contributed by atoms with Crippen LogP contribution >= 0.6 is 11.3 Å². The van der Waals surface area contributed by atoms with Gasteiger partial charge in [0.2, 0.25) is 0 Å². The van der Waals surface area contributed by atoms with Crippen molar-refractivity contribution in [2.24, 2.45) is 17.8 Å². The van der Waals surface area contributed by atoms with Crippen LogP contribution in [0.4, 0.5) is 5.69 Å². The predicted octanol–water partition coefficient (Wildman–Crippen LogP) is 9.52. The summed E-state index contributed by atoms with van der Waals surface area (Å²) in [6.45, 7) is 11.0. The Bertz CT molecular complexity index is 1470. The van der Waals surface area contributed by atoms with Crippen LogP contribution < -0.4 is 10.1 Å². The highest BCUT2D eigenvalue weighted by molar-refractivity contribution is 7.10. The van der Waals surface area contributed by atoms with Gasteiger partial charge >= 0.3 is 0 Å². The summed E-state index contributed by atoms with van der Waals surface area (Å²) in [4.78, 5) is 20.9. The minimum Gasteiger partial charge on any atom is -0.497 e. The molecule has 1 aromatic heterocycles. The number of rotatable bonds is 8. The summed E-state index contributed by atoms with van der Waals surface area (Å²) in [5.41, 5.74) is 5.22. The van der Waals surface area contributed by atoms with Crippen molar-refractivity contribution in [2.75, 3.05) is 12.4 Å². The lowest BCUT2D eigenvalue weighted by Gasteiger charge is -2.48. The molecular formula is C39H51N3O2S. The zero-order chi connectivity index (χ0) is 32.1. The van der Waals surface area contributed by atoms with Crippen molar-refractivity contribution in [1.82, 2.24) is 9.88 Å². The molecule has 0 spiro atoms. The largest absolute Gasteiger partial charge is 0.497 e. The number of nitrogens with zero attached hydrogens (tertiary/aromatic N) is 2. The average molecular weight is 626 g/mol. The van der Waals surface area contributed by atoms with Gasteiger partial charge in [-0.3, -0.25) is 4.79 Å². The molecule has 2 bridgehead atoms. The monoisotopic (exact) mass is 625 g/mol. The lowest BCUT2D eigenvalue weighted by Crippen LogP contribution is -2.48. The zero-order valence-electron chi connectivity index (χ0n) is 28.1. The Balaban J connectivity index is 0.00000196. The summed E-state index contributed by atoms with van der Waals surface area (Å²) < 4.78 is 5.61. The Morgan fingerprint density at radius 1 is 1.13 bits per heavy atom. The van der Waals surface area contributed by atoms with Crippen molar-refractivity contribution >= 4 is 22.9 Å². The Kier molecular flexibility index (Phi) is 10.6. The molecular weight excluding hydrogens is 575 g/mol. The number of carbonyl (C=O) groups excluding carboxylic acids is 1. The highest BCUT2D eigenvalue weighted by Crippen LogP contribution is 2.48. The maximum absolute atomic E-state index is 14.3. The third kappa shape index (κ3) is 7.25. The number of unbranched alkanes of at least 4 members (excludes halogenated alkanes) is 1. The van der Waals surface area contributed by atoms with E-state index in [9.17, 15) is 4.79 Å². The van der Waals surface area contributed by atoms with Crippen LogP contribution in [-0.2, 0) is 6.42 Å². The molecule has 3 aromatic rings. The fourth-order valence-electron chi connectivity index (χ4n) is 8.53. The Morgan fingerprint density at radius 2 is 1.84 bits per heavy atom. The number of anilines is 1. The van der Waals surface area contributed by atoms with E-state index in [4.69, 9.17) is 11.2 Å². The van der Waals surface area contributed by atoms with Crippen LogP contribution in [0.15, 0.2) is 47.8 Å². The molecule has 2 heterocycles. The van der Waals surface area contributed by atoms with Gasteiger partial charge in [0.25, 0.3) is 5.91 Å². The van der Waals surface area contributed by atoms with E-state index in [0.29, 0.717) is 10.7 Å². The first-order chi connectivity index (χ1) is 21.8. The first kappa shape index (κ1) is 33.1. The van der Waals surface area contributed by atoms with Gasteiger partial charge in [0, 0.05) is 22.6 Å². The summed E-state index contributed by atoms with van der Waals surface area (Å²) in [6, 6.07) is 15.0. The molecule has 4 atom stereocenters. The van der Waals surface area contributed by atoms with Crippen LogP contribution in [-0.4, -0.2) is 34.5 Å². The number of hydrogen-bond donors (Lipinski definition) is 1. The number of benzene rings is 2. The Hall–Kier alpha value is -3.30. The summed E-state index contributed by atoms with van der Waals surface area (Å²) >= 11 is 1.35. The van der Waals surface area contributed by atoms with Gasteiger partial charge in [-0.05, 0) is 116 Å². The van der Waals surface area contributed by atoms with Crippen molar-refractivity contribution in [1.29, 1.82) is 0 Å². The third-order valence-corrected chi connectivity index (χ3v) is 10.8. The van der Waals surface area contributed by atoms with E-state index >= 15 is 0 Å². The summed E-state index contributed by atoms with van der Waals surface area (Å²) in [6.07, 6.45) is 16.1. The van der Waals surface area contributed by atoms with Gasteiger partial charge < -0.3 is 15.0 Å². The van der Waals surface area contributed by atoms with Gasteiger partial charge in [-0.2, -0.15) is 0 Å². The topological polar surface area (TPSA) is 54.5 Å². The Morgan fingerprint density at radius 3 is 2.47 bits per heavy atom. The number of thiazole rings is 1. The second kappa shape index (κ2) is 14.4. The van der Waals surface area contributed by atoms with Crippen LogP contribution in [0.25, 0.3) is 0 Å². The fraction of sp³-hybridized carbons (Fsp3) is 0.538. The van der Waals surface area contributed by atoms with Crippen molar-refractivity contribution < 1.29 is 9.53 Å². The maximum atomic E-state index is 14.3. The van der Waals surface area contributed by atoms with E-state index in [0.717, 1.165) is 66.0 Å². The molecule has 1 aliphatic heterocycles. The summed E-state index contributed by atoms with van der Waals surface area (Å²) in [5, 5.41) is 6.29. The molecule has 0 radical (unpaired) electrons. The normalized spacial score (nSPS) is 27.0. The van der Waals surface area contributed by atoms with E-state index in [1.54, 1.807) is 7.11 Å². The summed E-state index contributed by atoms with van der Waals surface area (Å²) in [7, 11) is 1.71.